The molecular formula is C23H23N3OS. The fourth-order valence-corrected chi connectivity index (χ4v) is 4.13. The summed E-state index contributed by atoms with van der Waals surface area (Å²) >= 11 is 1.53. The molecule has 0 aliphatic carbocycles. The molecule has 0 fully saturated rings. The molecule has 0 aliphatic rings. The van der Waals surface area contributed by atoms with Crippen LogP contribution < -0.4 is 5.32 Å². The first-order chi connectivity index (χ1) is 13.6. The third-order valence-electron chi connectivity index (χ3n) is 4.93. The lowest BCUT2D eigenvalue weighted by Gasteiger charge is -2.06. The van der Waals surface area contributed by atoms with Gasteiger partial charge in [0.25, 0.3) is 5.91 Å². The van der Waals surface area contributed by atoms with Crippen molar-refractivity contribution in [2.75, 3.05) is 6.54 Å². The Hall–Kier alpha value is -2.92. The Kier molecular flexibility index (Phi) is 5.26. The monoisotopic (exact) mass is 389 g/mol. The van der Waals surface area contributed by atoms with Crippen molar-refractivity contribution in [3.63, 3.8) is 0 Å². The van der Waals surface area contributed by atoms with Crippen molar-refractivity contribution in [1.29, 1.82) is 0 Å². The van der Waals surface area contributed by atoms with E-state index in [1.807, 2.05) is 37.0 Å². The lowest BCUT2D eigenvalue weighted by molar-refractivity contribution is 0.0957. The van der Waals surface area contributed by atoms with Crippen LogP contribution in [0.25, 0.3) is 22.0 Å². The summed E-state index contributed by atoms with van der Waals surface area (Å²) in [5.41, 5.74) is 4.83. The van der Waals surface area contributed by atoms with Gasteiger partial charge < -0.3 is 5.32 Å². The van der Waals surface area contributed by atoms with E-state index >= 15 is 0 Å². The van der Waals surface area contributed by atoms with Gasteiger partial charge in [-0.3, -0.25) is 9.48 Å². The van der Waals surface area contributed by atoms with Crippen LogP contribution in [0.5, 0.6) is 0 Å². The standard InChI is InChI=1S/C23H23N3OS/c1-16-5-12-22(28-16)23(27)24-13-3-4-17-6-8-18(9-7-17)19-10-11-21-20(14-19)15-25-26(21)2/h5-12,14-15H,3-4,13H2,1-2H3,(H,24,27). The maximum absolute atomic E-state index is 12.1. The molecule has 4 aromatic rings. The number of benzene rings is 2. The molecule has 0 spiro atoms. The predicted molar refractivity (Wildman–Crippen MR) is 116 cm³/mol. The van der Waals surface area contributed by atoms with E-state index in [-0.39, 0.29) is 5.91 Å². The van der Waals surface area contributed by atoms with Crippen LogP contribution in [0, 0.1) is 6.92 Å². The number of carbonyl (C=O) groups excluding carboxylic acids is 1. The average Bonchev–Trinajstić information content (AvgIpc) is 3.31. The number of carbonyl (C=O) groups is 1. The maximum Gasteiger partial charge on any atom is 0.261 e. The number of thiophene rings is 1. The van der Waals surface area contributed by atoms with Crippen molar-refractivity contribution in [1.82, 2.24) is 15.1 Å². The lowest BCUT2D eigenvalue weighted by Crippen LogP contribution is -2.23. The van der Waals surface area contributed by atoms with Gasteiger partial charge in [-0.2, -0.15) is 5.10 Å². The van der Waals surface area contributed by atoms with Crippen LogP contribution in [-0.2, 0) is 13.5 Å². The molecule has 142 valence electrons. The number of hydrogen-bond acceptors (Lipinski definition) is 3. The molecule has 4 nitrogen and oxygen atoms in total. The molecular weight excluding hydrogens is 366 g/mol. The highest BCUT2D eigenvalue weighted by Crippen LogP contribution is 2.24. The summed E-state index contributed by atoms with van der Waals surface area (Å²) in [4.78, 5) is 14.0. The van der Waals surface area contributed by atoms with Gasteiger partial charge in [0.15, 0.2) is 0 Å². The first kappa shape index (κ1) is 18.4. The molecule has 5 heteroatoms. The van der Waals surface area contributed by atoms with Crippen molar-refractivity contribution in [3.05, 3.63) is 76.1 Å². The van der Waals surface area contributed by atoms with Gasteiger partial charge in [0, 0.05) is 23.9 Å². The molecule has 0 saturated heterocycles. The van der Waals surface area contributed by atoms with E-state index in [1.54, 1.807) is 0 Å². The summed E-state index contributed by atoms with van der Waals surface area (Å²) in [6.45, 7) is 2.70. The van der Waals surface area contributed by atoms with Crippen LogP contribution in [0.15, 0.2) is 60.8 Å². The SMILES string of the molecule is Cc1ccc(C(=O)NCCCc2ccc(-c3ccc4c(cnn4C)c3)cc2)s1. The largest absolute Gasteiger partial charge is 0.351 e. The summed E-state index contributed by atoms with van der Waals surface area (Å²) in [7, 11) is 1.96. The highest BCUT2D eigenvalue weighted by molar-refractivity contribution is 7.13. The van der Waals surface area contributed by atoms with Gasteiger partial charge in [-0.15, -0.1) is 11.3 Å². The first-order valence-corrected chi connectivity index (χ1v) is 10.3. The second-order valence-electron chi connectivity index (χ2n) is 7.01. The summed E-state index contributed by atoms with van der Waals surface area (Å²) in [5.74, 6) is 0.0271. The molecule has 1 amide bonds. The van der Waals surface area contributed by atoms with Gasteiger partial charge in [-0.05, 0) is 60.7 Å². The Balaban J connectivity index is 1.32. The molecule has 0 bridgehead atoms. The zero-order valence-corrected chi connectivity index (χ0v) is 16.9. The van der Waals surface area contributed by atoms with E-state index in [1.165, 1.54) is 28.0 Å². The number of rotatable bonds is 6. The Labute approximate surface area is 168 Å². The third kappa shape index (κ3) is 3.99. The minimum absolute atomic E-state index is 0.0271. The van der Waals surface area contributed by atoms with Gasteiger partial charge in [-0.25, -0.2) is 0 Å². The Bertz CT molecular complexity index is 1110. The number of fused-ring (bicyclic) bond motifs is 1. The molecule has 0 aliphatic heterocycles. The van der Waals surface area contributed by atoms with Crippen molar-refractivity contribution in [2.45, 2.75) is 19.8 Å². The quantitative estimate of drug-likeness (QED) is 0.473. The van der Waals surface area contributed by atoms with E-state index in [0.29, 0.717) is 6.54 Å². The molecule has 0 radical (unpaired) electrons. The Morgan fingerprint density at radius 3 is 2.61 bits per heavy atom. The van der Waals surface area contributed by atoms with Gasteiger partial charge in [0.2, 0.25) is 0 Å². The van der Waals surface area contributed by atoms with Crippen LogP contribution >= 0.6 is 11.3 Å². The van der Waals surface area contributed by atoms with Gasteiger partial charge >= 0.3 is 0 Å². The van der Waals surface area contributed by atoms with E-state index in [2.05, 4.69) is 52.9 Å². The number of hydrogen-bond donors (Lipinski definition) is 1. The number of aryl methyl sites for hydroxylation is 3. The highest BCUT2D eigenvalue weighted by Gasteiger charge is 2.07. The van der Waals surface area contributed by atoms with Crippen LogP contribution in [-0.4, -0.2) is 22.2 Å². The van der Waals surface area contributed by atoms with Crippen molar-refractivity contribution < 1.29 is 4.79 Å². The summed E-state index contributed by atoms with van der Waals surface area (Å²) in [5, 5.41) is 8.46. The fraction of sp³-hybridized carbons (Fsp3) is 0.217. The molecule has 4 rings (SSSR count). The molecule has 2 heterocycles. The number of aromatic nitrogens is 2. The van der Waals surface area contributed by atoms with Gasteiger partial charge in [0.05, 0.1) is 16.6 Å². The van der Waals surface area contributed by atoms with Gasteiger partial charge in [0.1, 0.15) is 0 Å². The molecule has 2 aromatic carbocycles. The summed E-state index contributed by atoms with van der Waals surface area (Å²) < 4.78 is 1.89. The molecule has 1 N–H and O–H groups in total. The van der Waals surface area contributed by atoms with Crippen LogP contribution in [0.3, 0.4) is 0 Å². The van der Waals surface area contributed by atoms with Crippen molar-refractivity contribution in [3.8, 4) is 11.1 Å². The van der Waals surface area contributed by atoms with E-state index in [0.717, 1.165) is 33.5 Å². The molecule has 0 atom stereocenters. The zero-order chi connectivity index (χ0) is 19.5. The van der Waals surface area contributed by atoms with Crippen LogP contribution in [0.1, 0.15) is 26.5 Å². The van der Waals surface area contributed by atoms with Crippen molar-refractivity contribution in [2.24, 2.45) is 7.05 Å². The normalized spacial score (nSPS) is 11.1. The fourth-order valence-electron chi connectivity index (χ4n) is 3.35. The summed E-state index contributed by atoms with van der Waals surface area (Å²) in [6.07, 6.45) is 3.78. The number of nitrogens with zero attached hydrogens (tertiary/aromatic N) is 2. The van der Waals surface area contributed by atoms with E-state index in [4.69, 9.17) is 0 Å². The summed E-state index contributed by atoms with van der Waals surface area (Å²) in [6, 6.07) is 19.0. The Morgan fingerprint density at radius 2 is 1.86 bits per heavy atom. The van der Waals surface area contributed by atoms with Crippen LogP contribution in [0.4, 0.5) is 0 Å². The molecule has 0 saturated carbocycles. The average molecular weight is 390 g/mol. The predicted octanol–water partition coefficient (Wildman–Crippen LogP) is 4.97. The van der Waals surface area contributed by atoms with E-state index in [9.17, 15) is 4.79 Å². The minimum Gasteiger partial charge on any atom is -0.351 e. The second-order valence-corrected chi connectivity index (χ2v) is 8.30. The maximum atomic E-state index is 12.1. The third-order valence-corrected chi connectivity index (χ3v) is 5.92. The van der Waals surface area contributed by atoms with Gasteiger partial charge in [-0.1, -0.05) is 30.3 Å². The molecule has 2 aromatic heterocycles. The second kappa shape index (κ2) is 7.98. The van der Waals surface area contributed by atoms with E-state index < -0.39 is 0 Å². The van der Waals surface area contributed by atoms with Crippen molar-refractivity contribution >= 4 is 28.1 Å². The topological polar surface area (TPSA) is 46.9 Å². The lowest BCUT2D eigenvalue weighted by atomic mass is 10.0. The highest BCUT2D eigenvalue weighted by atomic mass is 32.1. The zero-order valence-electron chi connectivity index (χ0n) is 16.1. The minimum atomic E-state index is 0.0271. The first-order valence-electron chi connectivity index (χ1n) is 9.46. The smallest absolute Gasteiger partial charge is 0.261 e. The number of nitrogens with one attached hydrogen (secondary N) is 1. The van der Waals surface area contributed by atoms with Crippen LogP contribution in [0.2, 0.25) is 0 Å². The Morgan fingerprint density at radius 1 is 1.07 bits per heavy atom. The number of amides is 1. The molecule has 0 unspecified atom stereocenters. The molecule has 28 heavy (non-hydrogen) atoms.